The molecule has 2 aromatic heterocycles. The van der Waals surface area contributed by atoms with Gasteiger partial charge in [0.1, 0.15) is 24.6 Å². The van der Waals surface area contributed by atoms with Crippen LogP contribution in [0.15, 0.2) is 12.7 Å². The van der Waals surface area contributed by atoms with E-state index in [0.717, 1.165) is 0 Å². The lowest BCUT2D eigenvalue weighted by atomic mass is 10.1. The van der Waals surface area contributed by atoms with Crippen LogP contribution in [0.5, 0.6) is 0 Å². The van der Waals surface area contributed by atoms with Gasteiger partial charge < -0.3 is 20.1 Å². The van der Waals surface area contributed by atoms with Crippen molar-refractivity contribution in [2.24, 2.45) is 0 Å². The molecule has 1 amide bonds. The number of amides is 1. The van der Waals surface area contributed by atoms with Gasteiger partial charge in [0, 0.05) is 6.42 Å². The van der Waals surface area contributed by atoms with Gasteiger partial charge in [0.25, 0.3) is 0 Å². The van der Waals surface area contributed by atoms with Crippen molar-refractivity contribution in [3.05, 3.63) is 12.7 Å². The number of anilines is 1. The molecule has 5 atom stereocenters. The normalized spacial score (nSPS) is 33.1. The minimum Gasteiger partial charge on any atom is -0.386 e. The van der Waals surface area contributed by atoms with E-state index in [4.69, 9.17) is 13.8 Å². The van der Waals surface area contributed by atoms with Crippen molar-refractivity contribution in [2.75, 3.05) is 11.9 Å². The molecule has 146 valence electrons. The van der Waals surface area contributed by atoms with E-state index in [1.165, 1.54) is 17.2 Å². The Morgan fingerprint density at radius 1 is 1.44 bits per heavy atom. The quantitative estimate of drug-likeness (QED) is 0.612. The summed E-state index contributed by atoms with van der Waals surface area (Å²) in [6.07, 6.45) is -0.262. The molecule has 27 heavy (non-hydrogen) atoms. The van der Waals surface area contributed by atoms with Gasteiger partial charge in [0.2, 0.25) is 5.91 Å². The summed E-state index contributed by atoms with van der Waals surface area (Å²) >= 11 is 0. The molecular weight excluding hydrogens is 381 g/mol. The van der Waals surface area contributed by atoms with Crippen LogP contribution in [0.2, 0.25) is 0 Å². The molecule has 0 saturated carbocycles. The van der Waals surface area contributed by atoms with Gasteiger partial charge in [-0.1, -0.05) is 6.92 Å². The Hall–Kier alpha value is -1.95. The zero-order valence-electron chi connectivity index (χ0n) is 14.3. The van der Waals surface area contributed by atoms with Crippen molar-refractivity contribution >= 4 is 30.7 Å². The third kappa shape index (κ3) is 3.35. The highest BCUT2D eigenvalue weighted by Gasteiger charge is 2.52. The zero-order valence-corrected chi connectivity index (χ0v) is 15.2. The lowest BCUT2D eigenvalue weighted by molar-refractivity contribution is -0.116. The number of aromatic nitrogens is 4. The molecule has 0 bridgehead atoms. The number of fused-ring (bicyclic) bond motifs is 2. The number of nitrogens with one attached hydrogen (secondary N) is 1. The van der Waals surface area contributed by atoms with E-state index in [1.807, 2.05) is 6.92 Å². The Labute approximate surface area is 153 Å². The molecule has 0 spiro atoms. The molecule has 2 aliphatic rings. The molecular formula is C14H18N5O7P. The van der Waals surface area contributed by atoms with Crippen LogP contribution in [0.3, 0.4) is 0 Å². The van der Waals surface area contributed by atoms with Crippen LogP contribution in [-0.4, -0.2) is 60.3 Å². The number of aliphatic hydroxyl groups excluding tert-OH is 1. The minimum atomic E-state index is -4.21. The van der Waals surface area contributed by atoms with Gasteiger partial charge in [0.05, 0.1) is 12.9 Å². The SMILES string of the molecule is CCCC(=O)Nc1ncnc2c1ncn2[C@@H]1O[C@@H]2COP(=O)(O)O[C@@H]2[C@@H]1O. The first-order valence-electron chi connectivity index (χ1n) is 8.36. The largest absolute Gasteiger partial charge is 0.472 e. The number of carbonyl (C=O) groups is 1. The number of phosphoric acid groups is 1. The lowest BCUT2D eigenvalue weighted by Crippen LogP contribution is -2.39. The Bertz CT molecular complexity index is 920. The number of phosphoric ester groups is 1. The average Bonchev–Trinajstić information content (AvgIpc) is 3.17. The molecule has 2 aliphatic heterocycles. The second kappa shape index (κ2) is 6.89. The molecule has 2 aromatic rings. The van der Waals surface area contributed by atoms with Crippen LogP contribution in [0.25, 0.3) is 11.2 Å². The summed E-state index contributed by atoms with van der Waals surface area (Å²) in [4.78, 5) is 33.7. The van der Waals surface area contributed by atoms with Crippen LogP contribution < -0.4 is 5.32 Å². The van der Waals surface area contributed by atoms with Crippen molar-refractivity contribution in [3.8, 4) is 0 Å². The standard InChI is InChI=1S/C14H18N5O7P/c1-2-3-8(20)18-12-9-13(16-5-15-12)19(6-17-9)14-10(21)11-7(25-14)4-24-27(22,23)26-11/h5-7,10-11,14,21H,2-4H2,1H3,(H,22,23)(H,15,16,18,20)/t7-,10+,11+,14-/m1/s1. The molecule has 13 heteroatoms. The maximum Gasteiger partial charge on any atom is 0.472 e. The van der Waals surface area contributed by atoms with Crippen LogP contribution in [0.1, 0.15) is 26.0 Å². The van der Waals surface area contributed by atoms with Crippen LogP contribution in [0, 0.1) is 0 Å². The molecule has 3 N–H and O–H groups in total. The summed E-state index contributed by atoms with van der Waals surface area (Å²) in [5, 5.41) is 13.2. The molecule has 2 fully saturated rings. The van der Waals surface area contributed by atoms with E-state index < -0.39 is 32.4 Å². The minimum absolute atomic E-state index is 0.189. The number of hydrogen-bond acceptors (Lipinski definition) is 9. The fraction of sp³-hybridized carbons (Fsp3) is 0.571. The Kier molecular flexibility index (Phi) is 4.70. The summed E-state index contributed by atoms with van der Waals surface area (Å²) in [7, 11) is -4.21. The van der Waals surface area contributed by atoms with E-state index in [2.05, 4.69) is 20.3 Å². The number of hydrogen-bond donors (Lipinski definition) is 3. The van der Waals surface area contributed by atoms with Gasteiger partial charge in [-0.3, -0.25) is 18.4 Å². The van der Waals surface area contributed by atoms with Crippen molar-refractivity contribution in [3.63, 3.8) is 0 Å². The molecule has 4 heterocycles. The second-order valence-electron chi connectivity index (χ2n) is 6.23. The summed E-state index contributed by atoms with van der Waals surface area (Å²) < 4.78 is 28.4. The Morgan fingerprint density at radius 3 is 3.04 bits per heavy atom. The maximum absolute atomic E-state index is 11.9. The zero-order chi connectivity index (χ0) is 19.2. The first-order chi connectivity index (χ1) is 12.9. The first kappa shape index (κ1) is 18.4. The Morgan fingerprint density at radius 2 is 2.26 bits per heavy atom. The lowest BCUT2D eigenvalue weighted by Gasteiger charge is -2.27. The molecule has 12 nitrogen and oxygen atoms in total. The average molecular weight is 399 g/mol. The van der Waals surface area contributed by atoms with Crippen LogP contribution in [0.4, 0.5) is 5.82 Å². The highest BCUT2D eigenvalue weighted by atomic mass is 31.2. The summed E-state index contributed by atoms with van der Waals surface area (Å²) in [5.41, 5.74) is 0.658. The van der Waals surface area contributed by atoms with Gasteiger partial charge in [-0.2, -0.15) is 0 Å². The highest BCUT2D eigenvalue weighted by molar-refractivity contribution is 7.47. The predicted octanol–water partition coefficient (Wildman–Crippen LogP) is 0.339. The fourth-order valence-electron chi connectivity index (χ4n) is 3.12. The molecule has 4 rings (SSSR count). The number of carbonyl (C=O) groups excluding carboxylic acids is 1. The van der Waals surface area contributed by atoms with Gasteiger partial charge in [-0.05, 0) is 6.42 Å². The van der Waals surface area contributed by atoms with E-state index in [1.54, 1.807) is 0 Å². The number of ether oxygens (including phenoxy) is 1. The topological polar surface area (TPSA) is 158 Å². The molecule has 0 radical (unpaired) electrons. The van der Waals surface area contributed by atoms with E-state index in [9.17, 15) is 19.4 Å². The number of nitrogens with zero attached hydrogens (tertiary/aromatic N) is 4. The Balaban J connectivity index is 1.63. The van der Waals surface area contributed by atoms with Crippen molar-refractivity contribution < 1.29 is 33.1 Å². The van der Waals surface area contributed by atoms with Gasteiger partial charge >= 0.3 is 7.82 Å². The summed E-state index contributed by atoms with van der Waals surface area (Å²) in [5.74, 6) is 0.0565. The predicted molar refractivity (Wildman–Crippen MR) is 89.4 cm³/mol. The number of imidazole rings is 1. The third-order valence-electron chi connectivity index (χ3n) is 4.33. The van der Waals surface area contributed by atoms with Gasteiger partial charge in [-0.25, -0.2) is 19.5 Å². The van der Waals surface area contributed by atoms with Gasteiger partial charge in [0.15, 0.2) is 23.2 Å². The third-order valence-corrected chi connectivity index (χ3v) is 5.32. The van der Waals surface area contributed by atoms with Crippen molar-refractivity contribution in [2.45, 2.75) is 44.3 Å². The van der Waals surface area contributed by atoms with E-state index >= 15 is 0 Å². The molecule has 2 saturated heterocycles. The first-order valence-corrected chi connectivity index (χ1v) is 9.86. The van der Waals surface area contributed by atoms with Gasteiger partial charge in [-0.15, -0.1) is 0 Å². The maximum atomic E-state index is 11.9. The second-order valence-corrected chi connectivity index (χ2v) is 7.64. The molecule has 0 aromatic carbocycles. The van der Waals surface area contributed by atoms with Crippen molar-refractivity contribution in [1.29, 1.82) is 0 Å². The number of rotatable bonds is 4. The molecule has 1 unspecified atom stereocenters. The monoisotopic (exact) mass is 399 g/mol. The summed E-state index contributed by atoms with van der Waals surface area (Å²) in [6.45, 7) is 1.70. The van der Waals surface area contributed by atoms with E-state index in [0.29, 0.717) is 24.0 Å². The van der Waals surface area contributed by atoms with Crippen LogP contribution >= 0.6 is 7.82 Å². The van der Waals surface area contributed by atoms with Crippen LogP contribution in [-0.2, 0) is 23.1 Å². The van der Waals surface area contributed by atoms with Crippen molar-refractivity contribution in [1.82, 2.24) is 19.5 Å². The smallest absolute Gasteiger partial charge is 0.386 e. The fourth-order valence-corrected chi connectivity index (χ4v) is 4.08. The summed E-state index contributed by atoms with van der Waals surface area (Å²) in [6, 6.07) is 0. The highest BCUT2D eigenvalue weighted by Crippen LogP contribution is 2.52. The van der Waals surface area contributed by atoms with E-state index in [-0.39, 0.29) is 18.3 Å². The molecule has 0 aliphatic carbocycles. The number of aliphatic hydroxyl groups is 1.